The number of nitrogens with one attached hydrogen (secondary N) is 1. The minimum atomic E-state index is 0.127. The third-order valence-electron chi connectivity index (χ3n) is 3.51. The molecular weight excluding hydrogens is 224 g/mol. The van der Waals surface area contributed by atoms with E-state index in [4.69, 9.17) is 0 Å². The minimum absolute atomic E-state index is 0.127. The van der Waals surface area contributed by atoms with Gasteiger partial charge in [0.1, 0.15) is 0 Å². The topological polar surface area (TPSA) is 32.3 Å². The Bertz CT molecular complexity index is 429. The van der Waals surface area contributed by atoms with Crippen molar-refractivity contribution in [2.75, 3.05) is 25.5 Å². The smallest absolute Gasteiger partial charge is 0.253 e. The second kappa shape index (κ2) is 5.89. The highest BCUT2D eigenvalue weighted by Gasteiger charge is 2.15. The Morgan fingerprint density at radius 2 is 2.22 bits per heavy atom. The van der Waals surface area contributed by atoms with Crippen molar-refractivity contribution in [3.63, 3.8) is 0 Å². The van der Waals surface area contributed by atoms with Gasteiger partial charge in [-0.1, -0.05) is 25.8 Å². The van der Waals surface area contributed by atoms with Gasteiger partial charge in [0.05, 0.1) is 0 Å². The molecule has 0 unspecified atom stereocenters. The Balaban J connectivity index is 2.00. The molecule has 0 saturated carbocycles. The minimum Gasteiger partial charge on any atom is -0.384 e. The summed E-state index contributed by atoms with van der Waals surface area (Å²) in [6, 6.07) is 6.01. The molecule has 1 aromatic rings. The molecule has 98 valence electrons. The Hall–Kier alpha value is -1.51. The van der Waals surface area contributed by atoms with Crippen LogP contribution >= 0.6 is 0 Å². The van der Waals surface area contributed by atoms with E-state index in [-0.39, 0.29) is 5.91 Å². The Morgan fingerprint density at radius 3 is 3.00 bits per heavy atom. The maximum absolute atomic E-state index is 12.2. The maximum Gasteiger partial charge on any atom is 0.253 e. The van der Waals surface area contributed by atoms with Gasteiger partial charge in [-0.25, -0.2) is 0 Å². The summed E-state index contributed by atoms with van der Waals surface area (Å²) >= 11 is 0. The molecule has 1 aliphatic heterocycles. The van der Waals surface area contributed by atoms with Crippen LogP contribution in [-0.4, -0.2) is 30.9 Å². The van der Waals surface area contributed by atoms with Crippen LogP contribution in [0.2, 0.25) is 0 Å². The zero-order valence-corrected chi connectivity index (χ0v) is 11.3. The summed E-state index contributed by atoms with van der Waals surface area (Å²) in [5.41, 5.74) is 3.24. The lowest BCUT2D eigenvalue weighted by molar-refractivity contribution is 0.0793. The van der Waals surface area contributed by atoms with E-state index in [2.05, 4.69) is 18.3 Å². The highest BCUT2D eigenvalue weighted by molar-refractivity contribution is 5.95. The van der Waals surface area contributed by atoms with E-state index in [0.29, 0.717) is 0 Å². The first-order valence-corrected chi connectivity index (χ1v) is 6.84. The van der Waals surface area contributed by atoms with Crippen LogP contribution in [0.15, 0.2) is 18.2 Å². The van der Waals surface area contributed by atoms with E-state index in [1.807, 2.05) is 24.1 Å². The van der Waals surface area contributed by atoms with E-state index in [9.17, 15) is 4.79 Å². The molecule has 0 saturated heterocycles. The second-order valence-electron chi connectivity index (χ2n) is 4.98. The third kappa shape index (κ3) is 2.84. The molecule has 0 bridgehead atoms. The molecule has 0 radical (unpaired) electrons. The molecule has 0 spiro atoms. The number of nitrogens with zero attached hydrogens (tertiary/aromatic N) is 1. The molecule has 1 heterocycles. The first-order valence-electron chi connectivity index (χ1n) is 6.84. The largest absolute Gasteiger partial charge is 0.384 e. The Morgan fingerprint density at radius 1 is 1.39 bits per heavy atom. The van der Waals surface area contributed by atoms with Gasteiger partial charge >= 0.3 is 0 Å². The number of rotatable bonds is 5. The molecule has 1 aromatic carbocycles. The average molecular weight is 246 g/mol. The van der Waals surface area contributed by atoms with Gasteiger partial charge in [-0.05, 0) is 30.5 Å². The molecule has 1 amide bonds. The van der Waals surface area contributed by atoms with Gasteiger partial charge in [0.2, 0.25) is 0 Å². The quantitative estimate of drug-likeness (QED) is 0.810. The molecule has 2 rings (SSSR count). The molecule has 0 aliphatic carbocycles. The molecule has 0 fully saturated rings. The number of hydrogen-bond acceptors (Lipinski definition) is 2. The highest BCUT2D eigenvalue weighted by atomic mass is 16.2. The fraction of sp³-hybridized carbons (Fsp3) is 0.533. The number of amides is 1. The van der Waals surface area contributed by atoms with Crippen LogP contribution in [0, 0.1) is 0 Å². The molecular formula is C15H22N2O. The molecule has 3 heteroatoms. The summed E-state index contributed by atoms with van der Waals surface area (Å²) in [7, 11) is 1.89. The zero-order valence-electron chi connectivity index (χ0n) is 11.3. The van der Waals surface area contributed by atoms with Crippen molar-refractivity contribution in [2.45, 2.75) is 32.6 Å². The van der Waals surface area contributed by atoms with Gasteiger partial charge in [0, 0.05) is 31.4 Å². The fourth-order valence-corrected chi connectivity index (χ4v) is 2.34. The van der Waals surface area contributed by atoms with Crippen LogP contribution in [0.1, 0.15) is 42.1 Å². The van der Waals surface area contributed by atoms with Crippen molar-refractivity contribution >= 4 is 11.6 Å². The zero-order chi connectivity index (χ0) is 13.0. The predicted molar refractivity (Wildman–Crippen MR) is 75.1 cm³/mol. The fourth-order valence-electron chi connectivity index (χ4n) is 2.34. The number of unbranched alkanes of at least 4 members (excludes halogenated alkanes) is 2. The lowest BCUT2D eigenvalue weighted by Crippen LogP contribution is -2.27. The van der Waals surface area contributed by atoms with Gasteiger partial charge in [0.25, 0.3) is 5.91 Å². The van der Waals surface area contributed by atoms with Gasteiger partial charge < -0.3 is 10.2 Å². The van der Waals surface area contributed by atoms with Crippen LogP contribution < -0.4 is 5.32 Å². The normalized spacial score (nSPS) is 13.0. The molecule has 0 aromatic heterocycles. The number of carbonyl (C=O) groups is 1. The third-order valence-corrected chi connectivity index (χ3v) is 3.51. The number of fused-ring (bicyclic) bond motifs is 1. The van der Waals surface area contributed by atoms with Crippen molar-refractivity contribution < 1.29 is 4.79 Å². The Kier molecular flexibility index (Phi) is 4.24. The summed E-state index contributed by atoms with van der Waals surface area (Å²) in [5, 5.41) is 3.32. The molecule has 0 atom stereocenters. The van der Waals surface area contributed by atoms with Gasteiger partial charge in [-0.15, -0.1) is 0 Å². The second-order valence-corrected chi connectivity index (χ2v) is 4.98. The van der Waals surface area contributed by atoms with Crippen molar-refractivity contribution in [3.05, 3.63) is 29.3 Å². The monoisotopic (exact) mass is 246 g/mol. The number of anilines is 1. The first kappa shape index (κ1) is 12.9. The number of carbonyl (C=O) groups excluding carboxylic acids is 1. The van der Waals surface area contributed by atoms with E-state index >= 15 is 0 Å². The van der Waals surface area contributed by atoms with Crippen molar-refractivity contribution in [1.29, 1.82) is 0 Å². The van der Waals surface area contributed by atoms with E-state index < -0.39 is 0 Å². The van der Waals surface area contributed by atoms with E-state index in [1.54, 1.807) is 0 Å². The standard InChI is InChI=1S/C15H22N2O/c1-3-4-5-10-17(2)15(18)13-7-6-12-8-9-16-14(12)11-13/h6-7,11,16H,3-5,8-10H2,1-2H3. The first-order chi connectivity index (χ1) is 8.72. The summed E-state index contributed by atoms with van der Waals surface area (Å²) in [4.78, 5) is 14.1. The summed E-state index contributed by atoms with van der Waals surface area (Å²) < 4.78 is 0. The molecule has 1 N–H and O–H groups in total. The SMILES string of the molecule is CCCCCN(C)C(=O)c1ccc2c(c1)NCC2. The highest BCUT2D eigenvalue weighted by Crippen LogP contribution is 2.23. The molecule has 1 aliphatic rings. The average Bonchev–Trinajstić information content (AvgIpc) is 2.85. The predicted octanol–water partition coefficient (Wildman–Crippen LogP) is 2.92. The van der Waals surface area contributed by atoms with Crippen molar-refractivity contribution in [1.82, 2.24) is 4.90 Å². The summed E-state index contributed by atoms with van der Waals surface area (Å²) in [6.07, 6.45) is 4.52. The van der Waals surface area contributed by atoms with Crippen LogP contribution in [-0.2, 0) is 6.42 Å². The van der Waals surface area contributed by atoms with Crippen LogP contribution in [0.5, 0.6) is 0 Å². The van der Waals surface area contributed by atoms with Crippen molar-refractivity contribution in [3.8, 4) is 0 Å². The maximum atomic E-state index is 12.2. The van der Waals surface area contributed by atoms with Crippen LogP contribution in [0.4, 0.5) is 5.69 Å². The van der Waals surface area contributed by atoms with Gasteiger partial charge in [0.15, 0.2) is 0 Å². The lowest BCUT2D eigenvalue weighted by Gasteiger charge is -2.17. The van der Waals surface area contributed by atoms with E-state index in [0.717, 1.165) is 37.2 Å². The van der Waals surface area contributed by atoms with E-state index in [1.165, 1.54) is 18.4 Å². The lowest BCUT2D eigenvalue weighted by atomic mass is 10.1. The number of benzene rings is 1. The Labute approximate surface area is 109 Å². The molecule has 18 heavy (non-hydrogen) atoms. The summed E-state index contributed by atoms with van der Waals surface area (Å²) in [6.45, 7) is 4.00. The van der Waals surface area contributed by atoms with Crippen LogP contribution in [0.25, 0.3) is 0 Å². The van der Waals surface area contributed by atoms with Crippen LogP contribution in [0.3, 0.4) is 0 Å². The number of hydrogen-bond donors (Lipinski definition) is 1. The summed E-state index contributed by atoms with van der Waals surface area (Å²) in [5.74, 6) is 0.127. The molecule has 3 nitrogen and oxygen atoms in total. The van der Waals surface area contributed by atoms with Gasteiger partial charge in [-0.3, -0.25) is 4.79 Å². The van der Waals surface area contributed by atoms with Crippen molar-refractivity contribution in [2.24, 2.45) is 0 Å². The van der Waals surface area contributed by atoms with Gasteiger partial charge in [-0.2, -0.15) is 0 Å².